The molecule has 88 valence electrons. The van der Waals surface area contributed by atoms with Crippen LogP contribution >= 0.6 is 0 Å². The van der Waals surface area contributed by atoms with Crippen LogP contribution in [0.1, 0.15) is 26.2 Å². The topological polar surface area (TPSA) is 55.8 Å². The van der Waals surface area contributed by atoms with E-state index >= 15 is 0 Å². The van der Waals surface area contributed by atoms with Crippen molar-refractivity contribution in [3.8, 4) is 0 Å². The Kier molecular flexibility index (Phi) is 1.45. The molecule has 16 heavy (non-hydrogen) atoms. The van der Waals surface area contributed by atoms with Gasteiger partial charge in [0.25, 0.3) is 0 Å². The zero-order valence-electron chi connectivity index (χ0n) is 9.31. The monoisotopic (exact) mass is 224 g/mol. The number of ether oxygens (including phenoxy) is 2. The van der Waals surface area contributed by atoms with Crippen LogP contribution < -0.4 is 0 Å². The smallest absolute Gasteiger partial charge is 0.315 e. The lowest BCUT2D eigenvalue weighted by Gasteiger charge is -2.62. The number of hydrogen-bond acceptors (Lipinski definition) is 4. The molecular weight excluding hydrogens is 208 g/mol. The minimum atomic E-state index is -0.640. The van der Waals surface area contributed by atoms with Crippen LogP contribution in [-0.2, 0) is 14.3 Å². The Labute approximate surface area is 93.9 Å². The van der Waals surface area contributed by atoms with E-state index < -0.39 is 11.5 Å². The molecule has 3 aliphatic heterocycles. The molecule has 0 unspecified atom stereocenters. The van der Waals surface area contributed by atoms with Crippen LogP contribution in [0.3, 0.4) is 0 Å². The second-order valence-electron chi connectivity index (χ2n) is 6.17. The average molecular weight is 224 g/mol. The second-order valence-corrected chi connectivity index (χ2v) is 6.17. The van der Waals surface area contributed by atoms with Crippen molar-refractivity contribution in [1.29, 1.82) is 0 Å². The molecule has 2 aliphatic carbocycles. The molecule has 0 aromatic carbocycles. The first-order valence-electron chi connectivity index (χ1n) is 6.08. The number of hydrogen-bond donors (Lipinski definition) is 1. The van der Waals surface area contributed by atoms with E-state index in [1.807, 2.05) is 0 Å². The quantitative estimate of drug-likeness (QED) is 0.608. The van der Waals surface area contributed by atoms with Gasteiger partial charge in [0, 0.05) is 5.92 Å². The van der Waals surface area contributed by atoms with Crippen molar-refractivity contribution >= 4 is 5.97 Å². The Bertz CT molecular complexity index is 381. The van der Waals surface area contributed by atoms with E-state index in [9.17, 15) is 9.90 Å². The molecule has 0 aromatic heterocycles. The van der Waals surface area contributed by atoms with Gasteiger partial charge in [0.1, 0.15) is 5.41 Å². The number of rotatable bonds is 0. The highest BCUT2D eigenvalue weighted by Gasteiger charge is 2.72. The molecular formula is C12H16O4. The molecule has 3 heterocycles. The second kappa shape index (κ2) is 2.46. The van der Waals surface area contributed by atoms with E-state index in [1.165, 1.54) is 0 Å². The third-order valence-electron chi connectivity index (χ3n) is 5.19. The molecule has 0 radical (unpaired) electrons. The lowest BCUT2D eigenvalue weighted by molar-refractivity contribution is -0.289. The normalized spacial score (nSPS) is 62.2. The predicted molar refractivity (Wildman–Crippen MR) is 53.5 cm³/mol. The third-order valence-corrected chi connectivity index (χ3v) is 5.19. The van der Waals surface area contributed by atoms with Crippen LogP contribution in [0.15, 0.2) is 0 Å². The Morgan fingerprint density at radius 3 is 3.12 bits per heavy atom. The summed E-state index contributed by atoms with van der Waals surface area (Å²) in [6.45, 7) is 2.50. The van der Waals surface area contributed by atoms with E-state index in [0.717, 1.165) is 12.8 Å². The Balaban J connectivity index is 1.89. The zero-order valence-corrected chi connectivity index (χ0v) is 9.31. The van der Waals surface area contributed by atoms with Gasteiger partial charge in [-0.1, -0.05) is 0 Å². The largest absolute Gasteiger partial charge is 0.465 e. The van der Waals surface area contributed by atoms with E-state index in [2.05, 4.69) is 6.92 Å². The zero-order chi connectivity index (χ0) is 11.1. The van der Waals surface area contributed by atoms with Gasteiger partial charge >= 0.3 is 5.97 Å². The minimum Gasteiger partial charge on any atom is -0.465 e. The van der Waals surface area contributed by atoms with Crippen molar-refractivity contribution in [3.63, 3.8) is 0 Å². The summed E-state index contributed by atoms with van der Waals surface area (Å²) in [5.74, 6) is 0.118. The molecule has 2 saturated carbocycles. The molecule has 0 amide bonds. The van der Waals surface area contributed by atoms with Crippen molar-refractivity contribution < 1.29 is 19.4 Å². The molecule has 0 aromatic rings. The van der Waals surface area contributed by atoms with E-state index in [4.69, 9.17) is 9.47 Å². The average Bonchev–Trinajstić information content (AvgIpc) is 2.53. The molecule has 4 heteroatoms. The van der Waals surface area contributed by atoms with Gasteiger partial charge in [-0.05, 0) is 32.1 Å². The van der Waals surface area contributed by atoms with Gasteiger partial charge in [-0.3, -0.25) is 4.79 Å². The number of esters is 1. The van der Waals surface area contributed by atoms with Crippen LogP contribution in [0.5, 0.6) is 0 Å². The van der Waals surface area contributed by atoms with Gasteiger partial charge in [-0.15, -0.1) is 0 Å². The summed E-state index contributed by atoms with van der Waals surface area (Å²) in [7, 11) is 0. The van der Waals surface area contributed by atoms with Crippen molar-refractivity contribution in [3.05, 3.63) is 0 Å². The molecule has 1 spiro atoms. The summed E-state index contributed by atoms with van der Waals surface area (Å²) in [6, 6.07) is 0. The van der Waals surface area contributed by atoms with E-state index in [0.29, 0.717) is 13.0 Å². The van der Waals surface area contributed by atoms with Crippen LogP contribution in [0.2, 0.25) is 0 Å². The number of carbonyl (C=O) groups is 1. The first kappa shape index (κ1) is 9.42. The number of aliphatic hydroxyl groups is 1. The van der Waals surface area contributed by atoms with Gasteiger partial charge in [0.15, 0.2) is 0 Å². The fourth-order valence-electron chi connectivity index (χ4n) is 4.73. The minimum absolute atomic E-state index is 0.0830. The molecule has 3 saturated heterocycles. The molecule has 4 nitrogen and oxygen atoms in total. The van der Waals surface area contributed by atoms with Crippen molar-refractivity contribution in [1.82, 2.24) is 0 Å². The molecule has 1 N–H and O–H groups in total. The summed E-state index contributed by atoms with van der Waals surface area (Å²) < 4.78 is 11.3. The molecule has 4 bridgehead atoms. The Morgan fingerprint density at radius 1 is 1.50 bits per heavy atom. The van der Waals surface area contributed by atoms with Gasteiger partial charge in [-0.25, -0.2) is 0 Å². The standard InChI is InChI=1S/C12H16O4/c1-11-3-6-2-8(16-11)7-4-15-10(14)12(7,5-11)9(6)13/h6-9,13H,2-5H2,1H3/t6-,7+,8-,9-,11+,12+/m0/s1. The molecule has 5 rings (SSSR count). The maximum absolute atomic E-state index is 12.0. The van der Waals surface area contributed by atoms with Gasteiger partial charge in [0.05, 0.1) is 24.4 Å². The third kappa shape index (κ3) is 0.810. The first-order chi connectivity index (χ1) is 7.55. The predicted octanol–water partition coefficient (Wildman–Crippen LogP) is 0.478. The van der Waals surface area contributed by atoms with Crippen LogP contribution in [-0.4, -0.2) is 35.5 Å². The fourth-order valence-corrected chi connectivity index (χ4v) is 4.73. The highest BCUT2D eigenvalue weighted by Crippen LogP contribution is 2.64. The highest BCUT2D eigenvalue weighted by atomic mass is 16.6. The van der Waals surface area contributed by atoms with Crippen molar-refractivity contribution in [2.24, 2.45) is 17.3 Å². The Hall–Kier alpha value is -0.610. The van der Waals surface area contributed by atoms with Crippen LogP contribution in [0.4, 0.5) is 0 Å². The summed E-state index contributed by atoms with van der Waals surface area (Å²) >= 11 is 0. The van der Waals surface area contributed by atoms with Crippen molar-refractivity contribution in [2.75, 3.05) is 6.61 Å². The number of aliphatic hydroxyl groups excluding tert-OH is 1. The van der Waals surface area contributed by atoms with Gasteiger partial charge in [0.2, 0.25) is 0 Å². The highest BCUT2D eigenvalue weighted by molar-refractivity contribution is 5.81. The number of carbonyl (C=O) groups excluding carboxylic acids is 1. The van der Waals surface area contributed by atoms with Crippen LogP contribution in [0, 0.1) is 17.3 Å². The first-order valence-corrected chi connectivity index (χ1v) is 6.08. The number of cyclic esters (lactones) is 1. The maximum Gasteiger partial charge on any atom is 0.315 e. The van der Waals surface area contributed by atoms with Gasteiger partial charge < -0.3 is 14.6 Å². The fraction of sp³-hybridized carbons (Fsp3) is 0.917. The lowest BCUT2D eigenvalue weighted by atomic mass is 9.49. The SMILES string of the molecule is C[C@]12C[C@@H]3C[C@H](O1)[C@H]1COC(=O)[C@@]1(C2)[C@H]3O. The summed E-state index contributed by atoms with van der Waals surface area (Å²) in [4.78, 5) is 12.0. The van der Waals surface area contributed by atoms with Gasteiger partial charge in [-0.2, -0.15) is 0 Å². The summed E-state index contributed by atoms with van der Waals surface area (Å²) in [6.07, 6.45) is 2.01. The summed E-state index contributed by atoms with van der Waals surface area (Å²) in [5.41, 5.74) is -0.856. The molecule has 6 atom stereocenters. The Morgan fingerprint density at radius 2 is 2.31 bits per heavy atom. The van der Waals surface area contributed by atoms with Crippen molar-refractivity contribution in [2.45, 2.75) is 44.0 Å². The molecule has 5 aliphatic rings. The van der Waals surface area contributed by atoms with E-state index in [-0.39, 0.29) is 29.5 Å². The molecule has 5 fully saturated rings. The lowest BCUT2D eigenvalue weighted by Crippen LogP contribution is -2.69. The summed E-state index contributed by atoms with van der Waals surface area (Å²) in [5, 5.41) is 10.4. The maximum atomic E-state index is 12.0. The van der Waals surface area contributed by atoms with E-state index in [1.54, 1.807) is 0 Å². The van der Waals surface area contributed by atoms with Crippen LogP contribution in [0.25, 0.3) is 0 Å².